The normalized spacial score (nSPS) is 14.3. The molecule has 0 spiro atoms. The van der Waals surface area contributed by atoms with Gasteiger partial charge in [-0.2, -0.15) is 5.26 Å². The molecule has 1 rings (SSSR count). The molecule has 0 saturated carbocycles. The molecular weight excluding hydrogens is 308 g/mol. The van der Waals surface area contributed by atoms with Gasteiger partial charge in [-0.25, -0.2) is 8.42 Å². The van der Waals surface area contributed by atoms with Crippen LogP contribution in [-0.4, -0.2) is 43.0 Å². The lowest BCUT2D eigenvalue weighted by atomic mass is 10.2. The van der Waals surface area contributed by atoms with Crippen LogP contribution in [-0.2, 0) is 20.6 Å². The van der Waals surface area contributed by atoms with Crippen molar-refractivity contribution in [1.29, 1.82) is 5.26 Å². The van der Waals surface area contributed by atoms with Crippen LogP contribution < -0.4 is 5.32 Å². The molecule has 21 heavy (non-hydrogen) atoms. The highest BCUT2D eigenvalue weighted by Gasteiger charge is 2.14. The molecule has 1 aromatic carbocycles. The summed E-state index contributed by atoms with van der Waals surface area (Å²) in [5, 5.41) is 11.8. The summed E-state index contributed by atoms with van der Waals surface area (Å²) in [5.41, 5.74) is 0.438. The standard InChI is InChI=1S/C14H20N2O3S2/c1-12(7-9-20(2)17)16-8-10-21(18,19)14-5-3-13(11-15)4-6-14/h3-6,12,16H,7-10H2,1-2H3. The highest BCUT2D eigenvalue weighted by atomic mass is 32.2. The minimum Gasteiger partial charge on any atom is -0.313 e. The van der Waals surface area contributed by atoms with Gasteiger partial charge in [-0.15, -0.1) is 0 Å². The first kappa shape index (κ1) is 17.8. The summed E-state index contributed by atoms with van der Waals surface area (Å²) in [6.45, 7) is 2.29. The third-order valence-electron chi connectivity index (χ3n) is 3.04. The quantitative estimate of drug-likeness (QED) is 0.771. The van der Waals surface area contributed by atoms with Gasteiger partial charge in [0.1, 0.15) is 0 Å². The van der Waals surface area contributed by atoms with Crippen LogP contribution in [0.3, 0.4) is 0 Å². The van der Waals surface area contributed by atoms with Gasteiger partial charge < -0.3 is 5.32 Å². The Morgan fingerprint density at radius 3 is 2.48 bits per heavy atom. The topological polar surface area (TPSA) is 87.0 Å². The van der Waals surface area contributed by atoms with Crippen LogP contribution in [0.2, 0.25) is 0 Å². The number of nitrogens with one attached hydrogen (secondary N) is 1. The van der Waals surface area contributed by atoms with Crippen molar-refractivity contribution in [3.05, 3.63) is 29.8 Å². The van der Waals surface area contributed by atoms with E-state index in [1.807, 2.05) is 13.0 Å². The molecule has 5 nitrogen and oxygen atoms in total. The van der Waals surface area contributed by atoms with Gasteiger partial charge in [-0.1, -0.05) is 0 Å². The summed E-state index contributed by atoms with van der Waals surface area (Å²) in [6.07, 6.45) is 2.40. The fourth-order valence-electron chi connectivity index (χ4n) is 1.74. The molecule has 1 N–H and O–H groups in total. The summed E-state index contributed by atoms with van der Waals surface area (Å²) >= 11 is 0. The van der Waals surface area contributed by atoms with Gasteiger partial charge in [-0.3, -0.25) is 4.21 Å². The predicted octanol–water partition coefficient (Wildman–Crippen LogP) is 1.08. The van der Waals surface area contributed by atoms with Gasteiger partial charge in [0.25, 0.3) is 0 Å². The molecule has 2 unspecified atom stereocenters. The van der Waals surface area contributed by atoms with Crippen LogP contribution in [0.25, 0.3) is 0 Å². The average Bonchev–Trinajstić information content (AvgIpc) is 2.45. The molecule has 0 aliphatic rings. The van der Waals surface area contributed by atoms with Crippen LogP contribution in [0.15, 0.2) is 29.2 Å². The number of rotatable bonds is 8. The molecule has 0 aliphatic carbocycles. The van der Waals surface area contributed by atoms with E-state index in [4.69, 9.17) is 5.26 Å². The van der Waals surface area contributed by atoms with E-state index in [9.17, 15) is 12.6 Å². The second-order valence-electron chi connectivity index (χ2n) is 4.88. The van der Waals surface area contributed by atoms with Crippen LogP contribution in [0.1, 0.15) is 18.9 Å². The molecule has 0 aliphatic heterocycles. The molecular formula is C14H20N2O3S2. The zero-order valence-electron chi connectivity index (χ0n) is 12.2. The van der Waals surface area contributed by atoms with E-state index >= 15 is 0 Å². The van der Waals surface area contributed by atoms with E-state index < -0.39 is 20.6 Å². The van der Waals surface area contributed by atoms with E-state index in [1.165, 1.54) is 24.3 Å². The Balaban J connectivity index is 2.49. The van der Waals surface area contributed by atoms with Gasteiger partial charge in [0.2, 0.25) is 0 Å². The Labute approximate surface area is 128 Å². The van der Waals surface area contributed by atoms with Crippen LogP contribution >= 0.6 is 0 Å². The molecule has 1 aromatic rings. The Kier molecular flexibility index (Phi) is 7.02. The van der Waals surface area contributed by atoms with Crippen LogP contribution in [0, 0.1) is 11.3 Å². The molecule has 0 heterocycles. The van der Waals surface area contributed by atoms with Crippen molar-refractivity contribution in [3.8, 4) is 6.07 Å². The van der Waals surface area contributed by atoms with Crippen molar-refractivity contribution in [2.45, 2.75) is 24.3 Å². The van der Waals surface area contributed by atoms with Gasteiger partial charge in [0.05, 0.1) is 22.3 Å². The van der Waals surface area contributed by atoms with E-state index in [1.54, 1.807) is 6.26 Å². The third-order valence-corrected chi connectivity index (χ3v) is 5.59. The first-order valence-corrected chi connectivity index (χ1v) is 9.99. The monoisotopic (exact) mass is 328 g/mol. The van der Waals surface area contributed by atoms with Gasteiger partial charge in [-0.05, 0) is 37.6 Å². The maximum Gasteiger partial charge on any atom is 0.179 e. The van der Waals surface area contributed by atoms with E-state index in [-0.39, 0.29) is 16.7 Å². The molecule has 0 bridgehead atoms. The zero-order chi connectivity index (χ0) is 15.9. The Morgan fingerprint density at radius 2 is 1.95 bits per heavy atom. The Morgan fingerprint density at radius 1 is 1.33 bits per heavy atom. The Hall–Kier alpha value is -1.23. The summed E-state index contributed by atoms with van der Waals surface area (Å²) in [4.78, 5) is 0.227. The van der Waals surface area contributed by atoms with E-state index in [0.29, 0.717) is 17.9 Å². The van der Waals surface area contributed by atoms with Crippen molar-refractivity contribution in [2.75, 3.05) is 24.3 Å². The summed E-state index contributed by atoms with van der Waals surface area (Å²) < 4.78 is 35.2. The van der Waals surface area contributed by atoms with Crippen LogP contribution in [0.5, 0.6) is 0 Å². The largest absolute Gasteiger partial charge is 0.313 e. The van der Waals surface area contributed by atoms with Crippen molar-refractivity contribution in [1.82, 2.24) is 5.32 Å². The maximum atomic E-state index is 12.1. The minimum absolute atomic E-state index is 0.00153. The van der Waals surface area contributed by atoms with Crippen molar-refractivity contribution < 1.29 is 12.6 Å². The molecule has 7 heteroatoms. The summed E-state index contributed by atoms with van der Waals surface area (Å²) in [7, 11) is -4.17. The van der Waals surface area contributed by atoms with E-state index in [0.717, 1.165) is 6.42 Å². The molecule has 0 saturated heterocycles. The smallest absolute Gasteiger partial charge is 0.179 e. The molecule has 0 radical (unpaired) electrons. The highest BCUT2D eigenvalue weighted by Crippen LogP contribution is 2.11. The first-order chi connectivity index (χ1) is 9.85. The number of nitrogens with zero attached hydrogens (tertiary/aromatic N) is 1. The van der Waals surface area contributed by atoms with Gasteiger partial charge in [0, 0.05) is 35.4 Å². The number of sulfone groups is 1. The fraction of sp³-hybridized carbons (Fsp3) is 0.500. The zero-order valence-corrected chi connectivity index (χ0v) is 13.8. The lowest BCUT2D eigenvalue weighted by molar-refractivity contribution is 0.545. The van der Waals surface area contributed by atoms with Crippen LogP contribution in [0.4, 0.5) is 0 Å². The third kappa shape index (κ3) is 6.38. The molecule has 0 amide bonds. The minimum atomic E-state index is -3.34. The SMILES string of the molecule is CC(CCS(C)=O)NCCS(=O)(=O)c1ccc(C#N)cc1. The van der Waals surface area contributed by atoms with Gasteiger partial charge in [0.15, 0.2) is 9.84 Å². The van der Waals surface area contributed by atoms with Crippen molar-refractivity contribution >= 4 is 20.6 Å². The highest BCUT2D eigenvalue weighted by molar-refractivity contribution is 7.91. The number of hydrogen-bond acceptors (Lipinski definition) is 5. The number of nitriles is 1. The number of hydrogen-bond donors (Lipinski definition) is 1. The fourth-order valence-corrected chi connectivity index (χ4v) is 3.60. The molecule has 0 aromatic heterocycles. The first-order valence-electron chi connectivity index (χ1n) is 6.61. The lowest BCUT2D eigenvalue weighted by Crippen LogP contribution is -2.32. The molecule has 0 fully saturated rings. The lowest BCUT2D eigenvalue weighted by Gasteiger charge is -2.13. The second-order valence-corrected chi connectivity index (χ2v) is 8.54. The number of benzene rings is 1. The van der Waals surface area contributed by atoms with Crippen molar-refractivity contribution in [2.24, 2.45) is 0 Å². The molecule has 116 valence electrons. The molecule has 2 atom stereocenters. The summed E-state index contributed by atoms with van der Waals surface area (Å²) in [6, 6.07) is 8.00. The van der Waals surface area contributed by atoms with Crippen molar-refractivity contribution in [3.63, 3.8) is 0 Å². The summed E-state index contributed by atoms with van der Waals surface area (Å²) in [5.74, 6) is 0.606. The average molecular weight is 328 g/mol. The van der Waals surface area contributed by atoms with Gasteiger partial charge >= 0.3 is 0 Å². The predicted molar refractivity (Wildman–Crippen MR) is 84.2 cm³/mol. The Bertz CT molecular complexity index is 619. The second kappa shape index (κ2) is 8.27. The van der Waals surface area contributed by atoms with E-state index in [2.05, 4.69) is 5.32 Å². The maximum absolute atomic E-state index is 12.1.